The van der Waals surface area contributed by atoms with E-state index < -0.39 is 30.1 Å². The predicted molar refractivity (Wildman–Crippen MR) is 172 cm³/mol. The first kappa shape index (κ1) is 38.2. The van der Waals surface area contributed by atoms with Crippen LogP contribution in [0.25, 0.3) is 0 Å². The Labute approximate surface area is 266 Å². The fraction of sp³-hybridized carbons (Fsp3) is 0.515. The van der Waals surface area contributed by atoms with Gasteiger partial charge >= 0.3 is 12.1 Å². The first-order valence-corrected chi connectivity index (χ1v) is 15.1. The molecule has 0 unspecified atom stereocenters. The first-order valence-electron chi connectivity index (χ1n) is 14.8. The lowest BCUT2D eigenvalue weighted by Crippen LogP contribution is -2.48. The summed E-state index contributed by atoms with van der Waals surface area (Å²) in [5.41, 5.74) is 0.938. The van der Waals surface area contributed by atoms with Crippen molar-refractivity contribution in [1.29, 1.82) is 0 Å². The van der Waals surface area contributed by atoms with Gasteiger partial charge in [0.15, 0.2) is 5.76 Å². The van der Waals surface area contributed by atoms with Crippen LogP contribution in [0.2, 0.25) is 0 Å². The van der Waals surface area contributed by atoms with Crippen LogP contribution in [-0.4, -0.2) is 55.3 Å². The topological polar surface area (TPSA) is 132 Å². The molecule has 11 heteroatoms. The van der Waals surface area contributed by atoms with Gasteiger partial charge in [0.25, 0.3) is 0 Å². The number of methoxy groups -OCH3 is 1. The van der Waals surface area contributed by atoms with E-state index in [0.29, 0.717) is 24.3 Å². The average Bonchev–Trinajstić information content (AvgIpc) is 2.93. The molecule has 244 valence electrons. The molecule has 3 N–H and O–H groups in total. The minimum Gasteiger partial charge on any atom is -0.490 e. The fourth-order valence-electron chi connectivity index (χ4n) is 4.06. The zero-order valence-corrected chi connectivity index (χ0v) is 27.8. The number of ether oxygens (including phenoxy) is 3. The Morgan fingerprint density at radius 1 is 1.07 bits per heavy atom. The maximum absolute atomic E-state index is 12.8. The normalized spacial score (nSPS) is 18.3. The van der Waals surface area contributed by atoms with Crippen LogP contribution in [-0.2, 0) is 28.6 Å². The third-order valence-electron chi connectivity index (χ3n) is 6.38. The van der Waals surface area contributed by atoms with Crippen LogP contribution in [0.5, 0.6) is 0 Å². The molecule has 0 radical (unpaired) electrons. The Bertz CT molecular complexity index is 1160. The molecule has 10 nitrogen and oxygen atoms in total. The number of rotatable bonds is 16. The lowest BCUT2D eigenvalue weighted by atomic mass is 9.97. The van der Waals surface area contributed by atoms with Crippen molar-refractivity contribution in [3.05, 3.63) is 71.2 Å². The Hall–Kier alpha value is -3.79. The number of hydrogen-bond donors (Lipinski definition) is 3. The molecule has 4 atom stereocenters. The van der Waals surface area contributed by atoms with Crippen LogP contribution >= 0.6 is 11.6 Å². The number of alkyl carbamates (subject to hydrolysis) is 1. The molecule has 0 fully saturated rings. The number of halogens is 1. The van der Waals surface area contributed by atoms with Crippen molar-refractivity contribution in [2.24, 2.45) is 11.8 Å². The highest BCUT2D eigenvalue weighted by atomic mass is 35.5. The summed E-state index contributed by atoms with van der Waals surface area (Å²) in [5.74, 6) is -1.21. The van der Waals surface area contributed by atoms with Crippen LogP contribution < -0.4 is 16.0 Å². The van der Waals surface area contributed by atoms with Gasteiger partial charge < -0.3 is 30.2 Å². The molecule has 0 bridgehead atoms. The maximum Gasteiger partial charge on any atom is 0.407 e. The smallest absolute Gasteiger partial charge is 0.407 e. The van der Waals surface area contributed by atoms with Crippen LogP contribution in [0.4, 0.5) is 4.79 Å². The van der Waals surface area contributed by atoms with Crippen molar-refractivity contribution in [3.8, 4) is 0 Å². The summed E-state index contributed by atoms with van der Waals surface area (Å²) < 4.78 is 15.9. The molecule has 1 heterocycles. The van der Waals surface area contributed by atoms with E-state index in [2.05, 4.69) is 16.0 Å². The summed E-state index contributed by atoms with van der Waals surface area (Å²) in [4.78, 5) is 49.2. The van der Waals surface area contributed by atoms with E-state index in [1.54, 1.807) is 37.3 Å². The van der Waals surface area contributed by atoms with Crippen molar-refractivity contribution in [2.45, 2.75) is 92.0 Å². The van der Waals surface area contributed by atoms with Crippen LogP contribution in [0, 0.1) is 11.8 Å². The van der Waals surface area contributed by atoms with E-state index in [4.69, 9.17) is 25.8 Å². The van der Waals surface area contributed by atoms with Gasteiger partial charge in [-0.2, -0.15) is 0 Å². The predicted octanol–water partition coefficient (Wildman–Crippen LogP) is 5.72. The van der Waals surface area contributed by atoms with Crippen molar-refractivity contribution < 1.29 is 33.4 Å². The van der Waals surface area contributed by atoms with E-state index in [1.807, 2.05) is 53.7 Å². The number of carbonyl (C=O) groups is 4. The van der Waals surface area contributed by atoms with Crippen LogP contribution in [0.1, 0.15) is 67.7 Å². The third-order valence-corrected chi connectivity index (χ3v) is 6.53. The molecule has 0 aromatic rings. The average molecular weight is 634 g/mol. The lowest BCUT2D eigenvalue weighted by molar-refractivity contribution is -0.151. The van der Waals surface area contributed by atoms with Gasteiger partial charge in [-0.15, -0.1) is 0 Å². The van der Waals surface area contributed by atoms with Gasteiger partial charge in [-0.1, -0.05) is 74.4 Å². The van der Waals surface area contributed by atoms with Crippen molar-refractivity contribution in [1.82, 2.24) is 16.0 Å². The number of amides is 3. The third kappa shape index (κ3) is 15.6. The van der Waals surface area contributed by atoms with Gasteiger partial charge in [-0.05, 0) is 45.9 Å². The fourth-order valence-corrected chi connectivity index (χ4v) is 4.15. The van der Waals surface area contributed by atoms with Crippen molar-refractivity contribution in [3.63, 3.8) is 0 Å². The summed E-state index contributed by atoms with van der Waals surface area (Å²) in [5, 5.41) is 8.69. The Morgan fingerprint density at radius 2 is 1.75 bits per heavy atom. The lowest BCUT2D eigenvalue weighted by Gasteiger charge is -2.25. The van der Waals surface area contributed by atoms with E-state index >= 15 is 0 Å². The van der Waals surface area contributed by atoms with E-state index in [-0.39, 0.29) is 35.6 Å². The zero-order valence-electron chi connectivity index (χ0n) is 27.0. The number of carbonyl (C=O) groups excluding carboxylic acids is 4. The molecule has 44 heavy (non-hydrogen) atoms. The van der Waals surface area contributed by atoms with Gasteiger partial charge in [0.05, 0.1) is 7.11 Å². The molecule has 0 spiro atoms. The Kier molecular flexibility index (Phi) is 17.6. The molecular formula is C33H48ClN3O7. The standard InChI is InChI=1S/C33H48ClN3O7/c1-21(2)30(31(39)35-19-11-13-26(16-15-25(7)34)43-33(41)36-22(3)4)37-29(38)14-10-9-12-23(5)20-24(6)27-17-18-28(42-8)32(40)44-27/h9-12,14-15,18-22,24,26-27,30H,13,16-17H2,1-8H3,(H,35,39)(H,36,41)(H,37,38)/b12-9-,14-10-,19-11-,23-20+,25-15+/t24-,26-,27-,30-/m0/s1. The minimum absolute atomic E-state index is 0.0145. The number of nitrogens with one attached hydrogen (secondary N) is 3. The molecule has 0 aromatic carbocycles. The number of esters is 1. The number of allylic oxidation sites excluding steroid dienone is 5. The molecule has 0 saturated carbocycles. The Morgan fingerprint density at radius 3 is 2.34 bits per heavy atom. The maximum atomic E-state index is 12.8. The highest BCUT2D eigenvalue weighted by Gasteiger charge is 2.27. The summed E-state index contributed by atoms with van der Waals surface area (Å²) >= 11 is 5.93. The van der Waals surface area contributed by atoms with Gasteiger partial charge in [-0.3, -0.25) is 9.59 Å². The zero-order chi connectivity index (χ0) is 33.2. The second-order valence-corrected chi connectivity index (χ2v) is 11.8. The quantitative estimate of drug-likeness (QED) is 0.112. The highest BCUT2D eigenvalue weighted by molar-refractivity contribution is 6.29. The molecule has 0 aliphatic carbocycles. The highest BCUT2D eigenvalue weighted by Crippen LogP contribution is 2.22. The van der Waals surface area contributed by atoms with Crippen molar-refractivity contribution in [2.75, 3.05) is 7.11 Å². The molecule has 3 amide bonds. The molecule has 0 aromatic heterocycles. The molecule has 1 aliphatic heterocycles. The Balaban J connectivity index is 2.66. The monoisotopic (exact) mass is 633 g/mol. The van der Waals surface area contributed by atoms with Crippen LogP contribution in [0.15, 0.2) is 71.2 Å². The number of cyclic esters (lactones) is 1. The van der Waals surface area contributed by atoms with Crippen molar-refractivity contribution >= 4 is 35.5 Å². The molecule has 1 aliphatic rings. The van der Waals surface area contributed by atoms with E-state index in [1.165, 1.54) is 19.4 Å². The summed E-state index contributed by atoms with van der Waals surface area (Å²) in [6.07, 6.45) is 15.2. The molecular weight excluding hydrogens is 586 g/mol. The minimum atomic E-state index is -0.764. The second kappa shape index (κ2) is 20.2. The number of hydrogen-bond acceptors (Lipinski definition) is 7. The SMILES string of the molecule is COC1=CC[C@@H]([C@@H](C)/C=C(C)/C=C\C=C/C(=O)N[C@H](C(=O)N/C=C\C[C@@H](C/C=C(\C)Cl)OC(=O)NC(C)C)C(C)C)OC1=O. The van der Waals surface area contributed by atoms with E-state index in [9.17, 15) is 19.2 Å². The van der Waals surface area contributed by atoms with Gasteiger partial charge in [-0.25, -0.2) is 9.59 Å². The second-order valence-electron chi connectivity index (χ2n) is 11.2. The summed E-state index contributed by atoms with van der Waals surface area (Å²) in [6.45, 7) is 13.0. The molecule has 1 rings (SSSR count). The molecule has 0 saturated heterocycles. The van der Waals surface area contributed by atoms with Crippen LogP contribution in [0.3, 0.4) is 0 Å². The first-order chi connectivity index (χ1) is 20.7. The van der Waals surface area contributed by atoms with Gasteiger partial charge in [0, 0.05) is 42.3 Å². The van der Waals surface area contributed by atoms with E-state index in [0.717, 1.165) is 5.57 Å². The largest absolute Gasteiger partial charge is 0.490 e. The summed E-state index contributed by atoms with van der Waals surface area (Å²) in [7, 11) is 1.44. The van der Waals surface area contributed by atoms with Gasteiger partial charge in [0.1, 0.15) is 18.2 Å². The van der Waals surface area contributed by atoms with Gasteiger partial charge in [0.2, 0.25) is 11.8 Å². The summed E-state index contributed by atoms with van der Waals surface area (Å²) in [6, 6.07) is -0.827.